The summed E-state index contributed by atoms with van der Waals surface area (Å²) in [5.74, 6) is 2.36. The summed E-state index contributed by atoms with van der Waals surface area (Å²) in [4.78, 5) is 11.1. The second-order valence-corrected chi connectivity index (χ2v) is 11.4. The lowest BCUT2D eigenvalue weighted by Crippen LogP contribution is -2.58. The number of aliphatic carboxylic acids is 1. The molecule has 0 spiro atoms. The van der Waals surface area contributed by atoms with Gasteiger partial charge in [-0.2, -0.15) is 0 Å². The molecular formula is C24H40O4. The monoisotopic (exact) mass is 392 g/mol. The summed E-state index contributed by atoms with van der Waals surface area (Å²) in [6, 6.07) is 0. The van der Waals surface area contributed by atoms with Crippen LogP contribution in [0.1, 0.15) is 85.0 Å². The Bertz CT molecular complexity index is 605. The number of hydrogen-bond acceptors (Lipinski definition) is 3. The van der Waals surface area contributed by atoms with E-state index in [1.54, 1.807) is 0 Å². The molecule has 4 heteroatoms. The molecule has 4 aliphatic rings. The molecule has 4 saturated carbocycles. The zero-order valence-electron chi connectivity index (χ0n) is 17.9. The summed E-state index contributed by atoms with van der Waals surface area (Å²) in [7, 11) is 0. The maximum Gasteiger partial charge on any atom is 0.303 e. The van der Waals surface area contributed by atoms with Crippen molar-refractivity contribution >= 4 is 5.97 Å². The number of hydrogen-bond donors (Lipinski definition) is 3. The van der Waals surface area contributed by atoms with E-state index in [2.05, 4.69) is 20.8 Å². The van der Waals surface area contributed by atoms with Crippen LogP contribution in [0.25, 0.3) is 0 Å². The smallest absolute Gasteiger partial charge is 0.303 e. The number of aliphatic hydroxyl groups excluding tert-OH is 2. The van der Waals surface area contributed by atoms with E-state index in [1.807, 2.05) is 0 Å². The van der Waals surface area contributed by atoms with Gasteiger partial charge in [-0.25, -0.2) is 0 Å². The SMILES string of the molecule is C[C@@H](CCC(=O)O)C1CCC2C3C(O)C[C@@H]4C[C@H](O)CC[C@]4(C)C3CC[C@@]21C. The van der Waals surface area contributed by atoms with E-state index < -0.39 is 5.97 Å². The Kier molecular flexibility index (Phi) is 5.36. The van der Waals surface area contributed by atoms with Gasteiger partial charge in [0.2, 0.25) is 0 Å². The standard InChI is InChI=1S/C24H40O4/c1-14(4-7-21(27)28)17-5-6-18-22-19(9-11-24(17,18)3)23(2)10-8-16(25)12-15(23)13-20(22)26/h14-20,22,25-26H,4-13H2,1-3H3,(H,27,28)/t14-,15-,16+,17?,18?,19?,20?,22?,23-,24+/m0/s1. The Labute approximate surface area is 170 Å². The maximum atomic E-state index is 11.2. The highest BCUT2D eigenvalue weighted by Gasteiger charge is 2.62. The summed E-state index contributed by atoms with van der Waals surface area (Å²) in [6.07, 6.45) is 9.19. The van der Waals surface area contributed by atoms with Crippen molar-refractivity contribution in [1.29, 1.82) is 0 Å². The molecule has 0 aromatic carbocycles. The summed E-state index contributed by atoms with van der Waals surface area (Å²) >= 11 is 0. The summed E-state index contributed by atoms with van der Waals surface area (Å²) < 4.78 is 0. The zero-order valence-corrected chi connectivity index (χ0v) is 17.9. The number of fused-ring (bicyclic) bond motifs is 5. The molecular weight excluding hydrogens is 352 g/mol. The van der Waals surface area contributed by atoms with E-state index in [0.29, 0.717) is 35.5 Å². The Morgan fingerprint density at radius 1 is 1.00 bits per heavy atom. The van der Waals surface area contributed by atoms with Gasteiger partial charge in [0.05, 0.1) is 12.2 Å². The third-order valence-corrected chi connectivity index (χ3v) is 10.2. The summed E-state index contributed by atoms with van der Waals surface area (Å²) in [6.45, 7) is 7.16. The van der Waals surface area contributed by atoms with Crippen LogP contribution in [-0.2, 0) is 4.79 Å². The van der Waals surface area contributed by atoms with Crippen LogP contribution in [0.4, 0.5) is 0 Å². The number of aliphatic hydroxyl groups is 2. The number of carboxylic acids is 1. The first-order chi connectivity index (χ1) is 13.2. The van der Waals surface area contributed by atoms with Gasteiger partial charge in [-0.05, 0) is 104 Å². The van der Waals surface area contributed by atoms with Crippen molar-refractivity contribution in [2.45, 2.75) is 97.2 Å². The molecule has 0 amide bonds. The Morgan fingerprint density at radius 2 is 1.68 bits per heavy atom. The van der Waals surface area contributed by atoms with Gasteiger partial charge in [-0.3, -0.25) is 4.79 Å². The molecule has 4 aliphatic carbocycles. The number of carbonyl (C=O) groups is 1. The Balaban J connectivity index is 1.55. The molecule has 4 rings (SSSR count). The Hall–Kier alpha value is -0.610. The molecule has 3 N–H and O–H groups in total. The minimum absolute atomic E-state index is 0.179. The molecule has 28 heavy (non-hydrogen) atoms. The van der Waals surface area contributed by atoms with Crippen molar-refractivity contribution in [3.63, 3.8) is 0 Å². The average molecular weight is 393 g/mol. The second kappa shape index (κ2) is 7.27. The Morgan fingerprint density at radius 3 is 2.39 bits per heavy atom. The van der Waals surface area contributed by atoms with Gasteiger partial charge in [0.15, 0.2) is 0 Å². The molecule has 5 unspecified atom stereocenters. The first-order valence-corrected chi connectivity index (χ1v) is 11.7. The lowest BCUT2D eigenvalue weighted by Gasteiger charge is -2.62. The van der Waals surface area contributed by atoms with Gasteiger partial charge in [0.25, 0.3) is 0 Å². The van der Waals surface area contributed by atoms with E-state index in [9.17, 15) is 15.0 Å². The van der Waals surface area contributed by atoms with Crippen LogP contribution >= 0.6 is 0 Å². The van der Waals surface area contributed by atoms with Crippen molar-refractivity contribution < 1.29 is 20.1 Å². The lowest BCUT2D eigenvalue weighted by molar-refractivity contribution is -0.174. The highest BCUT2D eigenvalue weighted by atomic mass is 16.4. The molecule has 0 radical (unpaired) electrons. The van der Waals surface area contributed by atoms with Crippen LogP contribution in [0.2, 0.25) is 0 Å². The van der Waals surface area contributed by atoms with Crippen molar-refractivity contribution in [2.75, 3.05) is 0 Å². The van der Waals surface area contributed by atoms with E-state index >= 15 is 0 Å². The fraction of sp³-hybridized carbons (Fsp3) is 0.958. The van der Waals surface area contributed by atoms with Crippen LogP contribution in [-0.4, -0.2) is 33.5 Å². The predicted octanol–water partition coefficient (Wildman–Crippen LogP) is 4.48. The van der Waals surface area contributed by atoms with E-state index in [0.717, 1.165) is 32.1 Å². The molecule has 10 atom stereocenters. The van der Waals surface area contributed by atoms with Crippen molar-refractivity contribution in [2.24, 2.45) is 46.3 Å². The second-order valence-electron chi connectivity index (χ2n) is 11.4. The first-order valence-electron chi connectivity index (χ1n) is 11.7. The molecule has 0 saturated heterocycles. The molecule has 4 nitrogen and oxygen atoms in total. The van der Waals surface area contributed by atoms with E-state index in [1.165, 1.54) is 25.7 Å². The van der Waals surface area contributed by atoms with E-state index in [-0.39, 0.29) is 29.5 Å². The summed E-state index contributed by atoms with van der Waals surface area (Å²) in [5, 5.41) is 30.5. The first kappa shape index (κ1) is 20.7. The van der Waals surface area contributed by atoms with Crippen molar-refractivity contribution in [3.05, 3.63) is 0 Å². The van der Waals surface area contributed by atoms with Gasteiger partial charge < -0.3 is 15.3 Å². The van der Waals surface area contributed by atoms with Crippen LogP contribution in [0.3, 0.4) is 0 Å². The largest absolute Gasteiger partial charge is 0.481 e. The number of rotatable bonds is 4. The molecule has 160 valence electrons. The van der Waals surface area contributed by atoms with Crippen LogP contribution in [0, 0.1) is 46.3 Å². The van der Waals surface area contributed by atoms with Gasteiger partial charge in [0, 0.05) is 6.42 Å². The molecule has 0 heterocycles. The molecule has 4 fully saturated rings. The maximum absolute atomic E-state index is 11.2. The normalized spacial score (nSPS) is 51.7. The van der Waals surface area contributed by atoms with Gasteiger partial charge >= 0.3 is 5.97 Å². The highest BCUT2D eigenvalue weighted by Crippen LogP contribution is 2.68. The minimum atomic E-state index is -0.684. The third kappa shape index (κ3) is 3.14. The van der Waals surface area contributed by atoms with Crippen LogP contribution in [0.5, 0.6) is 0 Å². The van der Waals surface area contributed by atoms with Crippen LogP contribution < -0.4 is 0 Å². The third-order valence-electron chi connectivity index (χ3n) is 10.2. The predicted molar refractivity (Wildman–Crippen MR) is 109 cm³/mol. The quantitative estimate of drug-likeness (QED) is 0.659. The average Bonchev–Trinajstić information content (AvgIpc) is 2.98. The molecule has 0 bridgehead atoms. The molecule has 0 aromatic rings. The van der Waals surface area contributed by atoms with Crippen molar-refractivity contribution in [1.82, 2.24) is 0 Å². The minimum Gasteiger partial charge on any atom is -0.481 e. The van der Waals surface area contributed by atoms with Gasteiger partial charge in [-0.15, -0.1) is 0 Å². The van der Waals surface area contributed by atoms with E-state index in [4.69, 9.17) is 5.11 Å². The molecule has 0 aliphatic heterocycles. The fourth-order valence-corrected chi connectivity index (χ4v) is 8.73. The zero-order chi connectivity index (χ0) is 20.3. The highest BCUT2D eigenvalue weighted by molar-refractivity contribution is 5.66. The van der Waals surface area contributed by atoms with Gasteiger partial charge in [0.1, 0.15) is 0 Å². The summed E-state index contributed by atoms with van der Waals surface area (Å²) in [5.41, 5.74) is 0.523. The van der Waals surface area contributed by atoms with Crippen molar-refractivity contribution in [3.8, 4) is 0 Å². The van der Waals surface area contributed by atoms with Gasteiger partial charge in [-0.1, -0.05) is 20.8 Å². The lowest BCUT2D eigenvalue weighted by atomic mass is 9.43. The molecule has 0 aromatic heterocycles. The number of carboxylic acid groups (broad SMARTS) is 1. The van der Waals surface area contributed by atoms with Crippen LogP contribution in [0.15, 0.2) is 0 Å². The fourth-order valence-electron chi connectivity index (χ4n) is 8.73. The topological polar surface area (TPSA) is 77.8 Å².